The molecule has 1 aromatic carbocycles. The van der Waals surface area contributed by atoms with Gasteiger partial charge in [-0.3, -0.25) is 4.98 Å². The number of benzene rings is 1. The van der Waals surface area contributed by atoms with Gasteiger partial charge >= 0.3 is 0 Å². The van der Waals surface area contributed by atoms with Gasteiger partial charge in [0.2, 0.25) is 0 Å². The third-order valence-corrected chi connectivity index (χ3v) is 4.23. The third-order valence-electron chi connectivity index (χ3n) is 4.23. The van der Waals surface area contributed by atoms with Gasteiger partial charge < -0.3 is 14.7 Å². The van der Waals surface area contributed by atoms with Crippen molar-refractivity contribution in [2.75, 3.05) is 20.2 Å². The van der Waals surface area contributed by atoms with Crippen LogP contribution in [0.4, 0.5) is 0 Å². The molecule has 0 radical (unpaired) electrons. The van der Waals surface area contributed by atoms with Crippen molar-refractivity contribution in [3.63, 3.8) is 0 Å². The molecule has 130 valence electrons. The van der Waals surface area contributed by atoms with E-state index in [1.807, 2.05) is 30.5 Å². The number of hydrogen-bond donors (Lipinski definition) is 1. The largest absolute Gasteiger partial charge is 0.491 e. The molecule has 0 fully saturated rings. The first-order valence-electron chi connectivity index (χ1n) is 8.59. The molecule has 25 heavy (non-hydrogen) atoms. The quantitative estimate of drug-likeness (QED) is 0.843. The van der Waals surface area contributed by atoms with Crippen LogP contribution in [0.15, 0.2) is 67.1 Å². The monoisotopic (exact) mass is 336 g/mol. The standard InChI is InChI=1S/C21H24N2O2/c1-23-13-10-19(11-14-23)18-5-8-21(9-6-18)25-16-20(24)7-4-17-3-2-12-22-15-17/h2-3,5-6,8-13,15,20,24H,4,7,14,16H2,1H3/t20-/m1/s1. The van der Waals surface area contributed by atoms with Gasteiger partial charge in [0.15, 0.2) is 0 Å². The Labute approximate surface area is 149 Å². The number of allylic oxidation sites excluding steroid dienone is 2. The number of hydrogen-bond acceptors (Lipinski definition) is 4. The molecule has 4 heteroatoms. The fourth-order valence-electron chi connectivity index (χ4n) is 2.69. The highest BCUT2D eigenvalue weighted by Gasteiger charge is 2.07. The fourth-order valence-corrected chi connectivity index (χ4v) is 2.69. The van der Waals surface area contributed by atoms with Crippen LogP contribution in [0.5, 0.6) is 5.75 Å². The summed E-state index contributed by atoms with van der Waals surface area (Å²) in [6.07, 6.45) is 11.0. The van der Waals surface area contributed by atoms with Gasteiger partial charge in [-0.15, -0.1) is 0 Å². The number of pyridine rings is 1. The first-order valence-corrected chi connectivity index (χ1v) is 8.59. The van der Waals surface area contributed by atoms with Crippen LogP contribution in [0, 0.1) is 0 Å². The molecule has 1 atom stereocenters. The van der Waals surface area contributed by atoms with Crippen molar-refractivity contribution in [1.29, 1.82) is 0 Å². The smallest absolute Gasteiger partial charge is 0.119 e. The zero-order valence-electron chi connectivity index (χ0n) is 14.5. The average Bonchev–Trinajstić information content (AvgIpc) is 2.67. The van der Waals surface area contributed by atoms with Crippen molar-refractivity contribution < 1.29 is 9.84 Å². The Balaban J connectivity index is 1.46. The molecule has 0 unspecified atom stereocenters. The summed E-state index contributed by atoms with van der Waals surface area (Å²) in [5.74, 6) is 0.779. The molecule has 1 aliphatic heterocycles. The van der Waals surface area contributed by atoms with Gasteiger partial charge in [-0.2, -0.15) is 0 Å². The molecule has 1 aliphatic rings. The van der Waals surface area contributed by atoms with Gasteiger partial charge in [0, 0.05) is 26.0 Å². The molecule has 0 amide bonds. The van der Waals surface area contributed by atoms with E-state index in [4.69, 9.17) is 4.74 Å². The molecule has 3 rings (SSSR count). The number of aliphatic hydroxyl groups is 1. The summed E-state index contributed by atoms with van der Waals surface area (Å²) in [7, 11) is 2.06. The maximum Gasteiger partial charge on any atom is 0.119 e. The topological polar surface area (TPSA) is 45.6 Å². The maximum atomic E-state index is 10.1. The third kappa shape index (κ3) is 5.19. The van der Waals surface area contributed by atoms with E-state index in [1.54, 1.807) is 6.20 Å². The Bertz CT molecular complexity index is 723. The molecule has 0 saturated heterocycles. The predicted octanol–water partition coefficient (Wildman–Crippen LogP) is 3.30. The number of rotatable bonds is 7. The number of aliphatic hydroxyl groups excluding tert-OH is 1. The van der Waals surface area contributed by atoms with E-state index in [2.05, 4.69) is 47.4 Å². The van der Waals surface area contributed by atoms with E-state index in [9.17, 15) is 5.11 Å². The van der Waals surface area contributed by atoms with Crippen molar-refractivity contribution in [3.05, 3.63) is 78.3 Å². The zero-order chi connectivity index (χ0) is 17.5. The van der Waals surface area contributed by atoms with Crippen LogP contribution in [-0.4, -0.2) is 41.3 Å². The van der Waals surface area contributed by atoms with Crippen LogP contribution in [0.1, 0.15) is 17.5 Å². The lowest BCUT2D eigenvalue weighted by Crippen LogP contribution is -2.18. The summed E-state index contributed by atoms with van der Waals surface area (Å²) >= 11 is 0. The van der Waals surface area contributed by atoms with Crippen LogP contribution in [-0.2, 0) is 6.42 Å². The SMILES string of the molecule is CN1C=CC(c2ccc(OC[C@H](O)CCc3cccnc3)cc2)=CC1. The van der Waals surface area contributed by atoms with E-state index in [0.717, 1.165) is 24.3 Å². The molecular weight excluding hydrogens is 312 g/mol. The molecule has 1 aromatic heterocycles. The summed E-state index contributed by atoms with van der Waals surface area (Å²) in [4.78, 5) is 6.22. The molecule has 0 saturated carbocycles. The number of aryl methyl sites for hydroxylation is 1. The predicted molar refractivity (Wildman–Crippen MR) is 100 cm³/mol. The minimum Gasteiger partial charge on any atom is -0.491 e. The molecule has 0 bridgehead atoms. The molecule has 4 nitrogen and oxygen atoms in total. The molecule has 0 aliphatic carbocycles. The van der Waals surface area contributed by atoms with Crippen molar-refractivity contribution in [3.8, 4) is 5.75 Å². The van der Waals surface area contributed by atoms with Gasteiger partial charge in [0.25, 0.3) is 0 Å². The van der Waals surface area contributed by atoms with Crippen LogP contribution in [0.25, 0.3) is 5.57 Å². The Morgan fingerprint density at radius 2 is 2.08 bits per heavy atom. The van der Waals surface area contributed by atoms with Crippen LogP contribution in [0.2, 0.25) is 0 Å². The van der Waals surface area contributed by atoms with Crippen molar-refractivity contribution in [1.82, 2.24) is 9.88 Å². The highest BCUT2D eigenvalue weighted by atomic mass is 16.5. The van der Waals surface area contributed by atoms with Crippen molar-refractivity contribution in [2.45, 2.75) is 18.9 Å². The second-order valence-electron chi connectivity index (χ2n) is 6.30. The van der Waals surface area contributed by atoms with Gasteiger partial charge in [-0.05, 0) is 60.0 Å². The minimum atomic E-state index is -0.487. The van der Waals surface area contributed by atoms with Crippen molar-refractivity contribution in [2.24, 2.45) is 0 Å². The van der Waals surface area contributed by atoms with Crippen LogP contribution in [0.3, 0.4) is 0 Å². The second kappa shape index (κ2) is 8.49. The lowest BCUT2D eigenvalue weighted by molar-refractivity contribution is 0.100. The van der Waals surface area contributed by atoms with Crippen LogP contribution >= 0.6 is 0 Å². The summed E-state index contributed by atoms with van der Waals surface area (Å²) in [5.41, 5.74) is 3.53. The number of nitrogens with zero attached hydrogens (tertiary/aromatic N) is 2. The Morgan fingerprint density at radius 3 is 2.76 bits per heavy atom. The van der Waals surface area contributed by atoms with E-state index in [1.165, 1.54) is 11.1 Å². The molecule has 1 N–H and O–H groups in total. The maximum absolute atomic E-state index is 10.1. The zero-order valence-corrected chi connectivity index (χ0v) is 14.5. The lowest BCUT2D eigenvalue weighted by atomic mass is 10.0. The number of aromatic nitrogens is 1. The van der Waals surface area contributed by atoms with E-state index < -0.39 is 6.10 Å². The first kappa shape index (κ1) is 17.2. The summed E-state index contributed by atoms with van der Waals surface area (Å²) in [6, 6.07) is 11.9. The normalized spacial score (nSPS) is 15.0. The first-order chi connectivity index (χ1) is 12.2. The van der Waals surface area contributed by atoms with Gasteiger partial charge in [0.05, 0.1) is 6.10 Å². The Kier molecular flexibility index (Phi) is 5.86. The highest BCUT2D eigenvalue weighted by molar-refractivity contribution is 5.75. The van der Waals surface area contributed by atoms with Gasteiger partial charge in [0.1, 0.15) is 12.4 Å². The number of likely N-dealkylation sites (N-methyl/N-ethyl adjacent to an activating group) is 1. The van der Waals surface area contributed by atoms with E-state index in [-0.39, 0.29) is 0 Å². The van der Waals surface area contributed by atoms with E-state index in [0.29, 0.717) is 13.0 Å². The molecule has 2 heterocycles. The summed E-state index contributed by atoms with van der Waals surface area (Å²) in [6.45, 7) is 1.22. The minimum absolute atomic E-state index is 0.299. The summed E-state index contributed by atoms with van der Waals surface area (Å²) in [5, 5.41) is 10.1. The Morgan fingerprint density at radius 1 is 1.24 bits per heavy atom. The molecule has 0 spiro atoms. The number of ether oxygens (including phenoxy) is 1. The highest BCUT2D eigenvalue weighted by Crippen LogP contribution is 2.22. The fraction of sp³-hybridized carbons (Fsp3) is 0.286. The average molecular weight is 336 g/mol. The van der Waals surface area contributed by atoms with Crippen LogP contribution < -0.4 is 4.74 Å². The van der Waals surface area contributed by atoms with Gasteiger partial charge in [-0.1, -0.05) is 24.3 Å². The molecular formula is C21H24N2O2. The second-order valence-corrected chi connectivity index (χ2v) is 6.30. The van der Waals surface area contributed by atoms with E-state index >= 15 is 0 Å². The lowest BCUT2D eigenvalue weighted by Gasteiger charge is -2.17. The Hall–Kier alpha value is -2.59. The van der Waals surface area contributed by atoms with Crippen molar-refractivity contribution >= 4 is 5.57 Å². The summed E-state index contributed by atoms with van der Waals surface area (Å²) < 4.78 is 5.70. The van der Waals surface area contributed by atoms with Gasteiger partial charge in [-0.25, -0.2) is 0 Å². The molecule has 2 aromatic rings.